The molecule has 0 atom stereocenters. The lowest BCUT2D eigenvalue weighted by molar-refractivity contribution is 0.318. The van der Waals surface area contributed by atoms with Gasteiger partial charge in [0.1, 0.15) is 0 Å². The van der Waals surface area contributed by atoms with Crippen molar-refractivity contribution in [2.75, 3.05) is 12.3 Å². The summed E-state index contributed by atoms with van der Waals surface area (Å²) in [5.41, 5.74) is 5.96. The molecule has 1 aromatic rings. The van der Waals surface area contributed by atoms with Crippen LogP contribution in [0.2, 0.25) is 0 Å². The lowest BCUT2D eigenvalue weighted by Crippen LogP contribution is -2.07. The van der Waals surface area contributed by atoms with Crippen LogP contribution in [0.15, 0.2) is 29.2 Å². The maximum Gasteiger partial charge on any atom is 0.296 e. The van der Waals surface area contributed by atoms with Gasteiger partial charge in [-0.3, -0.25) is 4.18 Å². The quantitative estimate of drug-likeness (QED) is 0.608. The van der Waals surface area contributed by atoms with Gasteiger partial charge in [0.05, 0.1) is 11.5 Å². The predicted molar refractivity (Wildman–Crippen MR) is 54.3 cm³/mol. The van der Waals surface area contributed by atoms with Gasteiger partial charge in [-0.25, -0.2) is 0 Å². The van der Waals surface area contributed by atoms with Gasteiger partial charge in [0.2, 0.25) is 0 Å². The summed E-state index contributed by atoms with van der Waals surface area (Å²) in [5, 5.41) is 0. The SMILES string of the molecule is CCCOS(=O)(=O)c1ccc(N)cc1. The van der Waals surface area contributed by atoms with E-state index in [2.05, 4.69) is 0 Å². The van der Waals surface area contributed by atoms with Gasteiger partial charge in [0.15, 0.2) is 0 Å². The van der Waals surface area contributed by atoms with E-state index >= 15 is 0 Å². The summed E-state index contributed by atoms with van der Waals surface area (Å²) >= 11 is 0. The van der Waals surface area contributed by atoms with E-state index in [0.29, 0.717) is 12.1 Å². The molecule has 0 saturated carbocycles. The third-order valence-corrected chi connectivity index (χ3v) is 2.94. The fraction of sp³-hybridized carbons (Fsp3) is 0.333. The molecule has 1 rings (SSSR count). The second-order valence-electron chi connectivity index (χ2n) is 2.85. The van der Waals surface area contributed by atoms with Gasteiger partial charge in [-0.2, -0.15) is 8.42 Å². The van der Waals surface area contributed by atoms with Crippen molar-refractivity contribution < 1.29 is 12.6 Å². The molecule has 2 N–H and O–H groups in total. The monoisotopic (exact) mass is 215 g/mol. The minimum atomic E-state index is -3.59. The molecule has 4 nitrogen and oxygen atoms in total. The predicted octanol–water partition coefficient (Wildman–Crippen LogP) is 1.38. The van der Waals surface area contributed by atoms with Crippen LogP contribution in [0.25, 0.3) is 0 Å². The van der Waals surface area contributed by atoms with Crippen molar-refractivity contribution in [2.24, 2.45) is 0 Å². The van der Waals surface area contributed by atoms with Crippen LogP contribution in [0.4, 0.5) is 5.69 Å². The molecule has 0 fully saturated rings. The first-order chi connectivity index (χ1) is 6.56. The lowest BCUT2D eigenvalue weighted by atomic mass is 10.3. The van der Waals surface area contributed by atoms with Gasteiger partial charge in [-0.1, -0.05) is 6.92 Å². The van der Waals surface area contributed by atoms with E-state index in [9.17, 15) is 8.42 Å². The minimum Gasteiger partial charge on any atom is -0.399 e. The Balaban J connectivity index is 2.87. The summed E-state index contributed by atoms with van der Waals surface area (Å²) in [4.78, 5) is 0.139. The fourth-order valence-corrected chi connectivity index (χ4v) is 1.89. The van der Waals surface area contributed by atoms with Crippen molar-refractivity contribution in [3.8, 4) is 0 Å². The molecule has 0 heterocycles. The molecule has 0 spiro atoms. The van der Waals surface area contributed by atoms with Crippen molar-refractivity contribution in [3.63, 3.8) is 0 Å². The molecule has 0 aromatic heterocycles. The van der Waals surface area contributed by atoms with Gasteiger partial charge in [-0.15, -0.1) is 0 Å². The average molecular weight is 215 g/mol. The van der Waals surface area contributed by atoms with Crippen LogP contribution < -0.4 is 5.73 Å². The molecule has 78 valence electrons. The molecule has 0 amide bonds. The van der Waals surface area contributed by atoms with E-state index in [1.54, 1.807) is 0 Å². The zero-order chi connectivity index (χ0) is 10.6. The minimum absolute atomic E-state index is 0.139. The average Bonchev–Trinajstić information content (AvgIpc) is 2.16. The van der Waals surface area contributed by atoms with Crippen LogP contribution in [0.3, 0.4) is 0 Å². The van der Waals surface area contributed by atoms with Gasteiger partial charge >= 0.3 is 0 Å². The maximum atomic E-state index is 11.4. The molecule has 0 saturated heterocycles. The molecular formula is C9H13NO3S. The second kappa shape index (κ2) is 4.43. The number of benzene rings is 1. The molecule has 0 bridgehead atoms. The Morgan fingerprint density at radius 1 is 1.29 bits per heavy atom. The summed E-state index contributed by atoms with van der Waals surface area (Å²) in [6.45, 7) is 2.05. The third-order valence-electron chi connectivity index (χ3n) is 1.61. The number of nitrogen functional groups attached to an aromatic ring is 1. The smallest absolute Gasteiger partial charge is 0.296 e. The largest absolute Gasteiger partial charge is 0.399 e. The summed E-state index contributed by atoms with van der Waals surface area (Å²) < 4.78 is 27.6. The van der Waals surface area contributed by atoms with Crippen LogP contribution in [0.1, 0.15) is 13.3 Å². The standard InChI is InChI=1S/C9H13NO3S/c1-2-7-13-14(11,12)9-5-3-8(10)4-6-9/h3-6H,2,7,10H2,1H3. The van der Waals surface area contributed by atoms with E-state index in [1.165, 1.54) is 24.3 Å². The van der Waals surface area contributed by atoms with Crippen LogP contribution >= 0.6 is 0 Å². The number of rotatable bonds is 4. The molecular weight excluding hydrogens is 202 g/mol. The highest BCUT2D eigenvalue weighted by Crippen LogP contribution is 2.14. The highest BCUT2D eigenvalue weighted by atomic mass is 32.2. The summed E-state index contributed by atoms with van der Waals surface area (Å²) in [6.07, 6.45) is 0.661. The molecule has 0 aliphatic heterocycles. The normalized spacial score (nSPS) is 11.5. The van der Waals surface area contributed by atoms with Gasteiger partial charge < -0.3 is 5.73 Å². The second-order valence-corrected chi connectivity index (χ2v) is 4.46. The van der Waals surface area contributed by atoms with Crippen LogP contribution in [-0.4, -0.2) is 15.0 Å². The fourth-order valence-electron chi connectivity index (χ4n) is 0.896. The zero-order valence-electron chi connectivity index (χ0n) is 7.93. The number of hydrogen-bond donors (Lipinski definition) is 1. The van der Waals surface area contributed by atoms with Crippen molar-refractivity contribution in [3.05, 3.63) is 24.3 Å². The van der Waals surface area contributed by atoms with Crippen LogP contribution in [-0.2, 0) is 14.3 Å². The van der Waals surface area contributed by atoms with Gasteiger partial charge in [0.25, 0.3) is 10.1 Å². The highest BCUT2D eigenvalue weighted by Gasteiger charge is 2.13. The lowest BCUT2D eigenvalue weighted by Gasteiger charge is -2.03. The first-order valence-corrected chi connectivity index (χ1v) is 5.72. The summed E-state index contributed by atoms with van der Waals surface area (Å²) in [5.74, 6) is 0. The first kappa shape index (κ1) is 11.0. The molecule has 0 unspecified atom stereocenters. The van der Waals surface area contributed by atoms with Gasteiger partial charge in [-0.05, 0) is 30.7 Å². The van der Waals surface area contributed by atoms with E-state index in [-0.39, 0.29) is 11.5 Å². The third kappa shape index (κ3) is 2.71. The zero-order valence-corrected chi connectivity index (χ0v) is 8.75. The molecule has 0 radical (unpaired) electrons. The van der Waals surface area contributed by atoms with E-state index < -0.39 is 10.1 Å². The highest BCUT2D eigenvalue weighted by molar-refractivity contribution is 7.86. The first-order valence-electron chi connectivity index (χ1n) is 4.31. The molecule has 14 heavy (non-hydrogen) atoms. The Labute approximate surface area is 83.8 Å². The number of nitrogens with two attached hydrogens (primary N) is 1. The molecule has 1 aromatic carbocycles. The van der Waals surface area contributed by atoms with E-state index in [0.717, 1.165) is 0 Å². The number of anilines is 1. The maximum absolute atomic E-state index is 11.4. The Kier molecular flexibility index (Phi) is 3.49. The van der Waals surface area contributed by atoms with Crippen LogP contribution in [0.5, 0.6) is 0 Å². The number of hydrogen-bond acceptors (Lipinski definition) is 4. The summed E-state index contributed by atoms with van der Waals surface area (Å²) in [6, 6.07) is 5.92. The summed E-state index contributed by atoms with van der Waals surface area (Å²) in [7, 11) is -3.59. The molecule has 0 aliphatic rings. The Hall–Kier alpha value is -1.07. The van der Waals surface area contributed by atoms with Gasteiger partial charge in [0, 0.05) is 5.69 Å². The molecule has 0 aliphatic carbocycles. The topological polar surface area (TPSA) is 69.4 Å². The van der Waals surface area contributed by atoms with Crippen LogP contribution in [0, 0.1) is 0 Å². The Bertz CT molecular complexity index is 383. The van der Waals surface area contributed by atoms with Crippen molar-refractivity contribution >= 4 is 15.8 Å². The van der Waals surface area contributed by atoms with E-state index in [1.807, 2.05) is 6.92 Å². The molecule has 5 heteroatoms. The van der Waals surface area contributed by atoms with E-state index in [4.69, 9.17) is 9.92 Å². The van der Waals surface area contributed by atoms with Crippen molar-refractivity contribution in [2.45, 2.75) is 18.2 Å². The Morgan fingerprint density at radius 2 is 1.86 bits per heavy atom. The van der Waals surface area contributed by atoms with Crippen molar-refractivity contribution in [1.82, 2.24) is 0 Å². The Morgan fingerprint density at radius 3 is 2.36 bits per heavy atom. The van der Waals surface area contributed by atoms with Crippen molar-refractivity contribution in [1.29, 1.82) is 0 Å².